The van der Waals surface area contributed by atoms with E-state index in [0.29, 0.717) is 11.0 Å². The van der Waals surface area contributed by atoms with Crippen LogP contribution in [0.2, 0.25) is 0 Å². The molecule has 1 aliphatic heterocycles. The maximum atomic E-state index is 5.97. The van der Waals surface area contributed by atoms with Gasteiger partial charge in [0.15, 0.2) is 0 Å². The average Bonchev–Trinajstić information content (AvgIpc) is 2.34. The van der Waals surface area contributed by atoms with Crippen LogP contribution in [-0.2, 0) is 4.74 Å². The second-order valence-corrected chi connectivity index (χ2v) is 5.77. The van der Waals surface area contributed by atoms with Crippen LogP contribution in [0.3, 0.4) is 0 Å². The van der Waals surface area contributed by atoms with Crippen molar-refractivity contribution in [2.75, 3.05) is 19.8 Å². The van der Waals surface area contributed by atoms with Gasteiger partial charge in [0.05, 0.1) is 5.03 Å². The maximum Gasteiger partial charge on any atom is 0.0505 e. The highest BCUT2D eigenvalue weighted by Gasteiger charge is 2.12. The van der Waals surface area contributed by atoms with E-state index in [9.17, 15) is 0 Å². The molecule has 2 nitrogen and oxygen atoms in total. The van der Waals surface area contributed by atoms with Gasteiger partial charge in [-0.2, -0.15) is 0 Å². The number of ether oxygens (including phenoxy) is 1. The molecule has 1 aliphatic rings. The van der Waals surface area contributed by atoms with Crippen LogP contribution in [0.5, 0.6) is 0 Å². The Balaban J connectivity index is 2.27. The fraction of sp³-hybridized carbons (Fsp3) is 0.538. The third-order valence-corrected chi connectivity index (χ3v) is 3.78. The van der Waals surface area contributed by atoms with Gasteiger partial charge in [-0.3, -0.25) is 0 Å². The van der Waals surface area contributed by atoms with Gasteiger partial charge in [0.1, 0.15) is 0 Å². The number of hydrogen-bond donors (Lipinski definition) is 1. The van der Waals surface area contributed by atoms with Gasteiger partial charge >= 0.3 is 0 Å². The van der Waals surface area contributed by atoms with E-state index in [1.165, 1.54) is 0 Å². The normalized spacial score (nSPS) is 19.2. The van der Waals surface area contributed by atoms with Gasteiger partial charge < -0.3 is 10.1 Å². The van der Waals surface area contributed by atoms with Crippen LogP contribution >= 0.6 is 27.5 Å². The van der Waals surface area contributed by atoms with Crippen LogP contribution < -0.4 is 5.32 Å². The summed E-state index contributed by atoms with van der Waals surface area (Å²) >= 11 is 9.29. The van der Waals surface area contributed by atoms with Gasteiger partial charge in [-0.05, 0) is 37.8 Å². The molecule has 0 bridgehead atoms. The van der Waals surface area contributed by atoms with Crippen LogP contribution in [0.25, 0.3) is 0 Å². The minimum absolute atomic E-state index is 0.692. The zero-order valence-corrected chi connectivity index (χ0v) is 12.5. The molecule has 0 atom stereocenters. The topological polar surface area (TPSA) is 21.3 Å². The van der Waals surface area contributed by atoms with Crippen LogP contribution in [0, 0.1) is 5.92 Å². The van der Waals surface area contributed by atoms with Gasteiger partial charge in [-0.1, -0.05) is 34.1 Å². The lowest BCUT2D eigenvalue weighted by molar-refractivity contribution is 0.0671. The minimum atomic E-state index is 0.692. The van der Waals surface area contributed by atoms with Crippen molar-refractivity contribution in [1.29, 1.82) is 0 Å². The molecule has 0 aromatic carbocycles. The molecule has 0 aliphatic carbocycles. The van der Waals surface area contributed by atoms with Gasteiger partial charge in [0.25, 0.3) is 0 Å². The van der Waals surface area contributed by atoms with E-state index in [2.05, 4.69) is 27.8 Å². The number of nitrogens with one attached hydrogen (secondary N) is 1. The molecule has 0 radical (unpaired) electrons. The first kappa shape index (κ1) is 14.8. The van der Waals surface area contributed by atoms with E-state index >= 15 is 0 Å². The van der Waals surface area contributed by atoms with Crippen molar-refractivity contribution >= 4 is 27.5 Å². The Bertz CT molecular complexity index is 315. The fourth-order valence-corrected chi connectivity index (χ4v) is 1.77. The molecule has 0 aromatic rings. The number of hydrogen-bond acceptors (Lipinski definition) is 2. The average molecular weight is 321 g/mol. The van der Waals surface area contributed by atoms with Gasteiger partial charge in [-0.15, -0.1) is 0 Å². The largest absolute Gasteiger partial charge is 0.385 e. The van der Waals surface area contributed by atoms with E-state index in [4.69, 9.17) is 16.3 Å². The highest BCUT2D eigenvalue weighted by molar-refractivity contribution is 9.11. The summed E-state index contributed by atoms with van der Waals surface area (Å²) in [5.74, 6) is 0.692. The Morgan fingerprint density at radius 3 is 2.71 bits per heavy atom. The zero-order chi connectivity index (χ0) is 12.7. The minimum Gasteiger partial charge on any atom is -0.385 e. The Morgan fingerprint density at radius 2 is 2.12 bits per heavy atom. The molecule has 0 spiro atoms. The summed E-state index contributed by atoms with van der Waals surface area (Å²) in [6.07, 6.45) is 5.99. The number of allylic oxidation sites excluding steroid dienone is 4. The monoisotopic (exact) mass is 319 g/mol. The molecule has 0 aromatic heterocycles. The smallest absolute Gasteiger partial charge is 0.0505 e. The van der Waals surface area contributed by atoms with Crippen molar-refractivity contribution in [2.45, 2.75) is 19.8 Å². The molecule has 17 heavy (non-hydrogen) atoms. The fourth-order valence-electron chi connectivity index (χ4n) is 1.57. The highest BCUT2D eigenvalue weighted by Crippen LogP contribution is 2.17. The van der Waals surface area contributed by atoms with E-state index in [1.54, 1.807) is 0 Å². The predicted molar refractivity (Wildman–Crippen MR) is 77.3 cm³/mol. The summed E-state index contributed by atoms with van der Waals surface area (Å²) in [4.78, 5) is 0. The quantitative estimate of drug-likeness (QED) is 0.775. The maximum absolute atomic E-state index is 5.97. The molecule has 1 heterocycles. The molecule has 96 valence electrons. The van der Waals surface area contributed by atoms with Crippen molar-refractivity contribution in [1.82, 2.24) is 5.32 Å². The van der Waals surface area contributed by atoms with Crippen molar-refractivity contribution < 1.29 is 4.74 Å². The summed E-state index contributed by atoms with van der Waals surface area (Å²) in [6.45, 7) is 8.57. The number of rotatable bonds is 5. The summed E-state index contributed by atoms with van der Waals surface area (Å²) in [5.41, 5.74) is 0.892. The molecular formula is C13H19BrClNO. The Hall–Kier alpha value is -0.250. The van der Waals surface area contributed by atoms with Gasteiger partial charge in [0, 0.05) is 29.9 Å². The first-order chi connectivity index (χ1) is 8.09. The summed E-state index contributed by atoms with van der Waals surface area (Å²) in [7, 11) is 0. The zero-order valence-electron chi connectivity index (χ0n) is 10.1. The molecule has 1 saturated heterocycles. The predicted octanol–water partition coefficient (Wildman–Crippen LogP) is 3.94. The van der Waals surface area contributed by atoms with Crippen LogP contribution in [0.4, 0.5) is 0 Å². The molecule has 1 rings (SSSR count). The summed E-state index contributed by atoms with van der Waals surface area (Å²) < 4.78 is 6.24. The highest BCUT2D eigenvalue weighted by atomic mass is 79.9. The lowest BCUT2D eigenvalue weighted by Gasteiger charge is -2.22. The molecule has 4 heteroatoms. The summed E-state index contributed by atoms with van der Waals surface area (Å²) in [5, 5.41) is 4.01. The van der Waals surface area contributed by atoms with E-state index in [1.807, 2.05) is 19.1 Å². The second-order valence-electron chi connectivity index (χ2n) is 4.18. The molecule has 0 saturated carbocycles. The Morgan fingerprint density at radius 1 is 1.47 bits per heavy atom. The van der Waals surface area contributed by atoms with E-state index in [-0.39, 0.29) is 0 Å². The molecule has 0 amide bonds. The van der Waals surface area contributed by atoms with E-state index < -0.39 is 0 Å². The molecule has 1 fully saturated rings. The van der Waals surface area contributed by atoms with Crippen molar-refractivity contribution in [3.63, 3.8) is 0 Å². The molecular weight excluding hydrogens is 302 g/mol. The number of halogens is 2. The van der Waals surface area contributed by atoms with Crippen LogP contribution in [0.1, 0.15) is 19.8 Å². The van der Waals surface area contributed by atoms with Crippen molar-refractivity contribution in [2.24, 2.45) is 5.92 Å². The lowest BCUT2D eigenvalue weighted by Crippen LogP contribution is -2.26. The molecule has 0 unspecified atom stereocenters. The lowest BCUT2D eigenvalue weighted by atomic mass is 10.0. The Kier molecular flexibility index (Phi) is 6.93. The summed E-state index contributed by atoms with van der Waals surface area (Å²) in [6, 6.07) is 0. The molecule has 1 N–H and O–H groups in total. The Labute approximate surface area is 117 Å². The standard InChI is InChI=1S/C13H19BrClNO/c1-10(3-4-13(15)11(2)14)16-9-12-5-7-17-8-6-12/h3-4,12,16H,1,5-9H2,2H3/b4-3-,13-11-. The third-order valence-electron chi connectivity index (χ3n) is 2.72. The first-order valence-corrected chi connectivity index (χ1v) is 6.97. The van der Waals surface area contributed by atoms with E-state index in [0.717, 1.165) is 42.8 Å². The second kappa shape index (κ2) is 7.96. The van der Waals surface area contributed by atoms with Crippen LogP contribution in [0.15, 0.2) is 33.9 Å². The first-order valence-electron chi connectivity index (χ1n) is 5.80. The third kappa shape index (κ3) is 6.29. The van der Waals surface area contributed by atoms with Gasteiger partial charge in [0.2, 0.25) is 0 Å². The van der Waals surface area contributed by atoms with Crippen molar-refractivity contribution in [3.8, 4) is 0 Å². The SMILES string of the molecule is C=C(/C=C\C(Cl)=C(/C)Br)NCC1CCOCC1. The van der Waals surface area contributed by atoms with Crippen LogP contribution in [-0.4, -0.2) is 19.8 Å². The van der Waals surface area contributed by atoms with Crippen molar-refractivity contribution in [3.05, 3.63) is 33.9 Å². The van der Waals surface area contributed by atoms with Gasteiger partial charge in [-0.25, -0.2) is 0 Å².